The van der Waals surface area contributed by atoms with Crippen molar-refractivity contribution in [3.63, 3.8) is 0 Å². The number of carbonyl (C=O) groups is 1. The van der Waals surface area contributed by atoms with Crippen LogP contribution in [0, 0.1) is 0 Å². The molecular formula is C15H21N3O2S. The van der Waals surface area contributed by atoms with Gasteiger partial charge in [0.25, 0.3) is 0 Å². The maximum atomic E-state index is 12.0. The Bertz CT molecular complexity index is 579. The van der Waals surface area contributed by atoms with E-state index >= 15 is 0 Å². The predicted octanol–water partition coefficient (Wildman–Crippen LogP) is 1.80. The maximum absolute atomic E-state index is 12.0. The molecule has 1 fully saturated rings. The Morgan fingerprint density at radius 2 is 2.05 bits per heavy atom. The zero-order chi connectivity index (χ0) is 14.7. The first-order valence-electron chi connectivity index (χ1n) is 7.76. The molecule has 2 aliphatic carbocycles. The van der Waals surface area contributed by atoms with Crippen LogP contribution in [-0.4, -0.2) is 27.7 Å². The average molecular weight is 307 g/mol. The standard InChI is InChI=1S/C15H21N3O2S/c19-13(16-10-5-2-1-3-6-10)9-21-14-11-7-4-8-12(11)17-15(20)18-14/h10H,1-9H2,(H,16,19)(H,17,18,20). The molecule has 2 aliphatic rings. The van der Waals surface area contributed by atoms with E-state index in [0.717, 1.165) is 48.4 Å². The average Bonchev–Trinajstić information content (AvgIpc) is 2.94. The zero-order valence-corrected chi connectivity index (χ0v) is 12.9. The minimum atomic E-state index is -0.300. The molecule has 0 saturated heterocycles. The second-order valence-electron chi connectivity index (χ2n) is 5.85. The lowest BCUT2D eigenvalue weighted by Gasteiger charge is -2.22. The first kappa shape index (κ1) is 14.6. The number of amides is 1. The van der Waals surface area contributed by atoms with Crippen molar-refractivity contribution >= 4 is 17.7 Å². The molecule has 5 nitrogen and oxygen atoms in total. The third-order valence-corrected chi connectivity index (χ3v) is 5.26. The van der Waals surface area contributed by atoms with Gasteiger partial charge in [-0.2, -0.15) is 4.98 Å². The van der Waals surface area contributed by atoms with Gasteiger partial charge in [0.15, 0.2) is 0 Å². The lowest BCUT2D eigenvalue weighted by molar-refractivity contribution is -0.119. The molecule has 0 radical (unpaired) electrons. The number of fused-ring (bicyclic) bond motifs is 1. The Labute approximate surface area is 128 Å². The Morgan fingerprint density at radius 1 is 1.24 bits per heavy atom. The van der Waals surface area contributed by atoms with Crippen molar-refractivity contribution in [1.82, 2.24) is 15.3 Å². The highest BCUT2D eigenvalue weighted by molar-refractivity contribution is 7.99. The molecule has 2 N–H and O–H groups in total. The van der Waals surface area contributed by atoms with Crippen LogP contribution in [0.5, 0.6) is 0 Å². The van der Waals surface area contributed by atoms with E-state index in [0.29, 0.717) is 11.8 Å². The normalized spacial score (nSPS) is 18.5. The number of aromatic nitrogens is 2. The number of rotatable bonds is 4. The monoisotopic (exact) mass is 307 g/mol. The largest absolute Gasteiger partial charge is 0.353 e. The third kappa shape index (κ3) is 3.67. The fraction of sp³-hybridized carbons (Fsp3) is 0.667. The summed E-state index contributed by atoms with van der Waals surface area (Å²) >= 11 is 1.39. The van der Waals surface area contributed by atoms with E-state index in [1.54, 1.807) is 0 Å². The predicted molar refractivity (Wildman–Crippen MR) is 82.6 cm³/mol. The van der Waals surface area contributed by atoms with Crippen LogP contribution >= 0.6 is 11.8 Å². The van der Waals surface area contributed by atoms with Crippen LogP contribution in [0.15, 0.2) is 9.82 Å². The molecule has 0 spiro atoms. The van der Waals surface area contributed by atoms with Gasteiger partial charge in [0.05, 0.1) is 5.75 Å². The van der Waals surface area contributed by atoms with Crippen molar-refractivity contribution < 1.29 is 4.79 Å². The quantitative estimate of drug-likeness (QED) is 0.657. The second-order valence-corrected chi connectivity index (χ2v) is 6.81. The number of aromatic amines is 1. The molecule has 0 aliphatic heterocycles. The molecule has 1 aromatic heterocycles. The Balaban J connectivity index is 1.57. The molecule has 6 heteroatoms. The fourth-order valence-corrected chi connectivity index (χ4v) is 4.10. The summed E-state index contributed by atoms with van der Waals surface area (Å²) in [5.41, 5.74) is 1.83. The summed E-state index contributed by atoms with van der Waals surface area (Å²) < 4.78 is 0. The van der Waals surface area contributed by atoms with Gasteiger partial charge in [-0.25, -0.2) is 4.79 Å². The molecule has 21 heavy (non-hydrogen) atoms. The van der Waals surface area contributed by atoms with Crippen LogP contribution in [0.25, 0.3) is 0 Å². The molecule has 114 valence electrons. The summed E-state index contributed by atoms with van der Waals surface area (Å²) in [5.74, 6) is 0.403. The van der Waals surface area contributed by atoms with Crippen LogP contribution in [0.1, 0.15) is 49.8 Å². The van der Waals surface area contributed by atoms with Crippen LogP contribution in [0.3, 0.4) is 0 Å². The molecule has 0 unspecified atom stereocenters. The van der Waals surface area contributed by atoms with Crippen molar-refractivity contribution in [2.75, 3.05) is 5.75 Å². The van der Waals surface area contributed by atoms with Gasteiger partial charge >= 0.3 is 5.69 Å². The van der Waals surface area contributed by atoms with E-state index < -0.39 is 0 Å². The van der Waals surface area contributed by atoms with Gasteiger partial charge in [0.2, 0.25) is 5.91 Å². The van der Waals surface area contributed by atoms with E-state index in [9.17, 15) is 9.59 Å². The lowest BCUT2D eigenvalue weighted by atomic mass is 9.95. The van der Waals surface area contributed by atoms with Gasteiger partial charge in [0, 0.05) is 17.3 Å². The summed E-state index contributed by atoms with van der Waals surface area (Å²) in [5, 5.41) is 3.84. The molecule has 0 aromatic carbocycles. The van der Waals surface area contributed by atoms with E-state index in [2.05, 4.69) is 15.3 Å². The topological polar surface area (TPSA) is 74.8 Å². The number of H-pyrrole nitrogens is 1. The van der Waals surface area contributed by atoms with Crippen molar-refractivity contribution in [2.45, 2.75) is 62.4 Å². The number of nitrogens with zero attached hydrogens (tertiary/aromatic N) is 1. The minimum Gasteiger partial charge on any atom is -0.353 e. The van der Waals surface area contributed by atoms with Crippen LogP contribution in [0.4, 0.5) is 0 Å². The van der Waals surface area contributed by atoms with Crippen molar-refractivity contribution in [3.05, 3.63) is 21.7 Å². The molecule has 1 amide bonds. The first-order valence-corrected chi connectivity index (χ1v) is 8.75. The van der Waals surface area contributed by atoms with E-state index in [1.807, 2.05) is 0 Å². The van der Waals surface area contributed by atoms with Crippen molar-refractivity contribution in [1.29, 1.82) is 0 Å². The summed E-state index contributed by atoms with van der Waals surface area (Å²) in [6.07, 6.45) is 8.80. The summed E-state index contributed by atoms with van der Waals surface area (Å²) in [4.78, 5) is 30.4. The molecule has 0 atom stereocenters. The highest BCUT2D eigenvalue weighted by Gasteiger charge is 2.20. The van der Waals surface area contributed by atoms with Crippen molar-refractivity contribution in [2.24, 2.45) is 0 Å². The van der Waals surface area contributed by atoms with Gasteiger partial charge in [-0.3, -0.25) is 4.79 Å². The third-order valence-electron chi connectivity index (χ3n) is 4.25. The van der Waals surface area contributed by atoms with Gasteiger partial charge in [-0.1, -0.05) is 31.0 Å². The van der Waals surface area contributed by atoms with Crippen molar-refractivity contribution in [3.8, 4) is 0 Å². The fourth-order valence-electron chi connectivity index (χ4n) is 3.20. The Kier molecular flexibility index (Phi) is 4.63. The van der Waals surface area contributed by atoms with E-state index in [4.69, 9.17) is 0 Å². The highest BCUT2D eigenvalue weighted by Crippen LogP contribution is 2.27. The van der Waals surface area contributed by atoms with E-state index in [-0.39, 0.29) is 11.6 Å². The van der Waals surface area contributed by atoms with Gasteiger partial charge in [-0.05, 0) is 32.1 Å². The van der Waals surface area contributed by atoms with Gasteiger partial charge in [0.1, 0.15) is 5.03 Å². The molecule has 3 rings (SSSR count). The number of thioether (sulfide) groups is 1. The number of hydrogen-bond acceptors (Lipinski definition) is 4. The summed E-state index contributed by atoms with van der Waals surface area (Å²) in [6.45, 7) is 0. The molecule has 0 bridgehead atoms. The Morgan fingerprint density at radius 3 is 2.86 bits per heavy atom. The minimum absolute atomic E-state index is 0.0562. The van der Waals surface area contributed by atoms with Crippen LogP contribution in [0.2, 0.25) is 0 Å². The number of aryl methyl sites for hydroxylation is 1. The van der Waals surface area contributed by atoms with Crippen LogP contribution < -0.4 is 11.0 Å². The summed E-state index contributed by atoms with van der Waals surface area (Å²) in [6, 6.07) is 0.338. The molecule has 1 saturated carbocycles. The van der Waals surface area contributed by atoms with Gasteiger partial charge < -0.3 is 10.3 Å². The Hall–Kier alpha value is -1.30. The second kappa shape index (κ2) is 6.64. The highest BCUT2D eigenvalue weighted by atomic mass is 32.2. The summed E-state index contributed by atoms with van der Waals surface area (Å²) in [7, 11) is 0. The smallest absolute Gasteiger partial charge is 0.346 e. The lowest BCUT2D eigenvalue weighted by Crippen LogP contribution is -2.37. The van der Waals surface area contributed by atoms with Crippen LogP contribution in [-0.2, 0) is 17.6 Å². The maximum Gasteiger partial charge on any atom is 0.346 e. The van der Waals surface area contributed by atoms with Gasteiger partial charge in [-0.15, -0.1) is 0 Å². The number of hydrogen-bond donors (Lipinski definition) is 2. The number of carbonyl (C=O) groups excluding carboxylic acids is 1. The molecule has 1 heterocycles. The number of nitrogens with one attached hydrogen (secondary N) is 2. The first-order chi connectivity index (χ1) is 10.2. The SMILES string of the molecule is O=C(CSc1nc(=O)[nH]c2c1CCC2)NC1CCCCC1. The molecule has 1 aromatic rings. The molecular weight excluding hydrogens is 286 g/mol. The zero-order valence-electron chi connectivity index (χ0n) is 12.1. The van der Waals surface area contributed by atoms with E-state index in [1.165, 1.54) is 31.0 Å².